The zero-order valence-corrected chi connectivity index (χ0v) is 20.2. The Kier molecular flexibility index (Phi) is 8.03. The molecule has 0 amide bonds. The second-order valence-corrected chi connectivity index (χ2v) is 11.9. The molecule has 4 nitrogen and oxygen atoms in total. The zero-order chi connectivity index (χ0) is 20.9. The van der Waals surface area contributed by atoms with E-state index < -0.39 is 9.04 Å². The van der Waals surface area contributed by atoms with Crippen LogP contribution in [0.4, 0.5) is 0 Å². The van der Waals surface area contributed by atoms with Crippen molar-refractivity contribution in [2.24, 2.45) is 5.41 Å². The van der Waals surface area contributed by atoms with Crippen molar-refractivity contribution in [1.29, 1.82) is 0 Å². The molecule has 0 saturated heterocycles. The Hall–Kier alpha value is -1.01. The molecule has 0 bridgehead atoms. The highest BCUT2D eigenvalue weighted by Gasteiger charge is 2.47. The summed E-state index contributed by atoms with van der Waals surface area (Å²) in [5.41, 5.74) is 2.67. The minimum absolute atomic E-state index is 0.00294. The van der Waals surface area contributed by atoms with Gasteiger partial charge in [-0.2, -0.15) is 0 Å². The molecule has 0 fully saturated rings. The molecule has 0 spiro atoms. The fourth-order valence-electron chi connectivity index (χ4n) is 3.75. The highest BCUT2D eigenvalue weighted by Crippen LogP contribution is 2.41. The Morgan fingerprint density at radius 1 is 1.25 bits per heavy atom. The number of hydrogen-bond donors (Lipinski definition) is 2. The van der Waals surface area contributed by atoms with Crippen molar-refractivity contribution in [3.8, 4) is 0 Å². The highest BCUT2D eigenvalue weighted by molar-refractivity contribution is 6.48. The van der Waals surface area contributed by atoms with E-state index >= 15 is 0 Å². The minimum Gasteiger partial charge on any atom is -0.416 e. The van der Waals surface area contributed by atoms with E-state index in [1.165, 1.54) is 0 Å². The third-order valence-corrected chi connectivity index (χ3v) is 6.48. The Morgan fingerprint density at radius 2 is 1.93 bits per heavy atom. The molecule has 1 aliphatic heterocycles. The van der Waals surface area contributed by atoms with Crippen LogP contribution in [0.2, 0.25) is 18.1 Å². The van der Waals surface area contributed by atoms with Crippen molar-refractivity contribution >= 4 is 20.6 Å². The number of nitrogens with one attached hydrogen (secondary N) is 1. The molecule has 2 N–H and O–H groups in total. The molecule has 1 heterocycles. The highest BCUT2D eigenvalue weighted by atomic mass is 35.5. The molecule has 28 heavy (non-hydrogen) atoms. The summed E-state index contributed by atoms with van der Waals surface area (Å²) >= 11 is 6.49. The summed E-state index contributed by atoms with van der Waals surface area (Å²) in [5, 5.41) is 14.9. The number of aliphatic hydroxyl groups is 1. The molecule has 6 heteroatoms. The monoisotopic (exact) mass is 424 g/mol. The Labute approximate surface area is 177 Å². The molecule has 2 rings (SSSR count). The van der Waals surface area contributed by atoms with Crippen LogP contribution >= 0.6 is 11.6 Å². The summed E-state index contributed by atoms with van der Waals surface area (Å²) in [4.78, 5) is 2.32. The molecule has 1 unspecified atom stereocenters. The van der Waals surface area contributed by atoms with Gasteiger partial charge < -0.3 is 19.7 Å². The number of unbranched alkanes of at least 4 members (excludes halogenated alkanes) is 1. The van der Waals surface area contributed by atoms with Gasteiger partial charge in [-0.15, -0.1) is 0 Å². The fraction of sp³-hybridized carbons (Fsp3) is 0.636. The molecule has 0 radical (unpaired) electrons. The molecular formula is C22H37ClN2O2Si. The maximum absolute atomic E-state index is 10.3. The average Bonchev–Trinajstić information content (AvgIpc) is 2.94. The second kappa shape index (κ2) is 9.66. The summed E-state index contributed by atoms with van der Waals surface area (Å²) in [6.07, 6.45) is 3.16. The van der Waals surface area contributed by atoms with Crippen molar-refractivity contribution in [1.82, 2.24) is 10.2 Å². The summed E-state index contributed by atoms with van der Waals surface area (Å²) < 4.78 is 6.27. The predicted molar refractivity (Wildman–Crippen MR) is 121 cm³/mol. The first kappa shape index (κ1) is 23.3. The van der Waals surface area contributed by atoms with Gasteiger partial charge in [0.05, 0.1) is 18.9 Å². The van der Waals surface area contributed by atoms with Crippen molar-refractivity contribution in [3.63, 3.8) is 0 Å². The van der Waals surface area contributed by atoms with Crippen molar-refractivity contribution in [3.05, 3.63) is 46.2 Å². The van der Waals surface area contributed by atoms with Gasteiger partial charge in [0.1, 0.15) is 5.66 Å². The van der Waals surface area contributed by atoms with E-state index in [-0.39, 0.29) is 17.7 Å². The van der Waals surface area contributed by atoms with E-state index in [1.807, 2.05) is 18.2 Å². The van der Waals surface area contributed by atoms with Gasteiger partial charge in [0.25, 0.3) is 0 Å². The lowest BCUT2D eigenvalue weighted by Crippen LogP contribution is -2.57. The third-order valence-electron chi connectivity index (χ3n) is 5.27. The van der Waals surface area contributed by atoms with Crippen LogP contribution in [0.3, 0.4) is 0 Å². The Balaban J connectivity index is 2.52. The van der Waals surface area contributed by atoms with Crippen molar-refractivity contribution in [2.75, 3.05) is 13.2 Å². The largest absolute Gasteiger partial charge is 0.416 e. The molecule has 0 aliphatic carbocycles. The van der Waals surface area contributed by atoms with Crippen LogP contribution in [0.25, 0.3) is 0 Å². The number of aliphatic hydroxyl groups excluding tert-OH is 1. The van der Waals surface area contributed by atoms with E-state index in [2.05, 4.69) is 57.1 Å². The molecule has 158 valence electrons. The topological polar surface area (TPSA) is 44.7 Å². The first-order valence-corrected chi connectivity index (χ1v) is 13.6. The van der Waals surface area contributed by atoms with Crippen LogP contribution in [0.5, 0.6) is 0 Å². The van der Waals surface area contributed by atoms with E-state index in [0.29, 0.717) is 13.2 Å². The average molecular weight is 425 g/mol. The number of allylic oxidation sites excluding steroid dienone is 1. The maximum Gasteiger partial charge on any atom is 0.171 e. The van der Waals surface area contributed by atoms with Crippen LogP contribution < -0.4 is 5.32 Å². The first-order valence-electron chi connectivity index (χ1n) is 10.4. The SMILES string of the molecule is CCCCC1(CO[SiH](C)C)NC(C(C)(C)C)=C(CO)N1Cc1ccccc1Cl. The van der Waals surface area contributed by atoms with Crippen LogP contribution in [-0.4, -0.2) is 37.9 Å². The third kappa shape index (κ3) is 5.32. The van der Waals surface area contributed by atoms with Gasteiger partial charge in [0.15, 0.2) is 9.04 Å². The van der Waals surface area contributed by atoms with E-state index in [0.717, 1.165) is 41.2 Å². The molecule has 1 aromatic carbocycles. The lowest BCUT2D eigenvalue weighted by molar-refractivity contribution is 0.0412. The quantitative estimate of drug-likeness (QED) is 0.554. The fourth-order valence-corrected chi connectivity index (χ4v) is 4.56. The Bertz CT molecular complexity index is 687. The van der Waals surface area contributed by atoms with E-state index in [4.69, 9.17) is 16.0 Å². The van der Waals surface area contributed by atoms with Gasteiger partial charge in [-0.3, -0.25) is 0 Å². The van der Waals surface area contributed by atoms with Gasteiger partial charge >= 0.3 is 0 Å². The van der Waals surface area contributed by atoms with E-state index in [9.17, 15) is 5.11 Å². The Morgan fingerprint density at radius 3 is 2.46 bits per heavy atom. The molecule has 1 aliphatic rings. The zero-order valence-electron chi connectivity index (χ0n) is 18.3. The number of rotatable bonds is 9. The second-order valence-electron chi connectivity index (χ2n) is 9.03. The summed E-state index contributed by atoms with van der Waals surface area (Å²) in [7, 11) is -1.19. The van der Waals surface area contributed by atoms with Gasteiger partial charge in [-0.25, -0.2) is 0 Å². The predicted octanol–water partition coefficient (Wildman–Crippen LogP) is 4.88. The van der Waals surface area contributed by atoms with Crippen molar-refractivity contribution in [2.45, 2.75) is 72.3 Å². The van der Waals surface area contributed by atoms with Crippen LogP contribution in [-0.2, 0) is 11.0 Å². The lowest BCUT2D eigenvalue weighted by atomic mass is 9.90. The molecule has 1 aromatic rings. The first-order chi connectivity index (χ1) is 13.1. The standard InChI is InChI=1S/C22H37ClN2O2Si/c1-7-8-13-22(16-27-28(5)6)24-20(21(2,3)4)19(15-26)25(22)14-17-11-9-10-12-18(17)23/h9-12,24,26,28H,7-8,13-16H2,1-6H3. The summed E-state index contributed by atoms with van der Waals surface area (Å²) in [5.74, 6) is 0. The van der Waals surface area contributed by atoms with Crippen LogP contribution in [0.1, 0.15) is 52.5 Å². The number of halogens is 1. The smallest absolute Gasteiger partial charge is 0.171 e. The molecule has 1 atom stereocenters. The van der Waals surface area contributed by atoms with Gasteiger partial charge in [-0.05, 0) is 37.6 Å². The maximum atomic E-state index is 10.3. The van der Waals surface area contributed by atoms with Gasteiger partial charge in [0.2, 0.25) is 0 Å². The van der Waals surface area contributed by atoms with Crippen LogP contribution in [0.15, 0.2) is 35.7 Å². The van der Waals surface area contributed by atoms with Crippen molar-refractivity contribution < 1.29 is 9.53 Å². The lowest BCUT2D eigenvalue weighted by Gasteiger charge is -2.42. The molecule has 0 aromatic heterocycles. The van der Waals surface area contributed by atoms with Gasteiger partial charge in [-0.1, -0.05) is 63.9 Å². The van der Waals surface area contributed by atoms with E-state index in [1.54, 1.807) is 0 Å². The number of hydrogen-bond acceptors (Lipinski definition) is 4. The van der Waals surface area contributed by atoms with Gasteiger partial charge in [0, 0.05) is 22.7 Å². The normalized spacial score (nSPS) is 20.2. The summed E-state index contributed by atoms with van der Waals surface area (Å²) in [6, 6.07) is 7.96. The summed E-state index contributed by atoms with van der Waals surface area (Å²) in [6.45, 7) is 14.4. The number of benzene rings is 1. The van der Waals surface area contributed by atoms with Crippen LogP contribution in [0, 0.1) is 5.41 Å². The molecular weight excluding hydrogens is 388 g/mol. The number of nitrogens with zero attached hydrogens (tertiary/aromatic N) is 1. The molecule has 0 saturated carbocycles. The minimum atomic E-state index is -1.19.